The summed E-state index contributed by atoms with van der Waals surface area (Å²) in [4.78, 5) is 0. The SMILES string of the molecule is CSCCCCCNS(=O)(=O)N(C)CCCNC1CC1. The van der Waals surface area contributed by atoms with Gasteiger partial charge in [-0.15, -0.1) is 0 Å². The second-order valence-electron chi connectivity index (χ2n) is 5.36. The van der Waals surface area contributed by atoms with Gasteiger partial charge in [-0.05, 0) is 50.7 Å². The van der Waals surface area contributed by atoms with Crippen molar-refractivity contribution in [2.75, 3.05) is 38.7 Å². The van der Waals surface area contributed by atoms with Crippen molar-refractivity contribution in [1.29, 1.82) is 0 Å². The third-order valence-electron chi connectivity index (χ3n) is 3.38. The molecule has 5 nitrogen and oxygen atoms in total. The minimum Gasteiger partial charge on any atom is -0.314 e. The van der Waals surface area contributed by atoms with E-state index in [1.165, 1.54) is 17.1 Å². The molecule has 0 aromatic rings. The van der Waals surface area contributed by atoms with E-state index in [4.69, 9.17) is 0 Å². The molecule has 1 rings (SSSR count). The highest BCUT2D eigenvalue weighted by atomic mass is 32.2. The summed E-state index contributed by atoms with van der Waals surface area (Å²) in [6.07, 6.45) is 8.65. The lowest BCUT2D eigenvalue weighted by Gasteiger charge is -2.17. The number of unbranched alkanes of at least 4 members (excludes halogenated alkanes) is 2. The van der Waals surface area contributed by atoms with E-state index in [9.17, 15) is 8.42 Å². The van der Waals surface area contributed by atoms with Crippen molar-refractivity contribution in [3.63, 3.8) is 0 Å². The summed E-state index contributed by atoms with van der Waals surface area (Å²) in [6, 6.07) is 0.691. The van der Waals surface area contributed by atoms with Crippen LogP contribution in [0.5, 0.6) is 0 Å². The molecular weight excluding hydrogens is 294 g/mol. The molecular formula is C13H29N3O2S2. The summed E-state index contributed by atoms with van der Waals surface area (Å²) in [5.74, 6) is 1.15. The number of hydrogen-bond acceptors (Lipinski definition) is 4. The van der Waals surface area contributed by atoms with Gasteiger partial charge in [-0.2, -0.15) is 24.5 Å². The molecule has 0 radical (unpaired) electrons. The maximum atomic E-state index is 12.0. The summed E-state index contributed by atoms with van der Waals surface area (Å²) in [5, 5.41) is 3.39. The Hall–Kier alpha value is 0.180. The molecule has 0 aromatic heterocycles. The molecule has 7 heteroatoms. The Kier molecular flexibility index (Phi) is 9.11. The second-order valence-corrected chi connectivity index (χ2v) is 8.20. The van der Waals surface area contributed by atoms with Gasteiger partial charge in [-0.3, -0.25) is 0 Å². The van der Waals surface area contributed by atoms with E-state index in [-0.39, 0.29) is 0 Å². The molecule has 0 atom stereocenters. The molecule has 1 fully saturated rings. The highest BCUT2D eigenvalue weighted by Crippen LogP contribution is 2.18. The van der Waals surface area contributed by atoms with Gasteiger partial charge in [0.25, 0.3) is 10.2 Å². The molecule has 20 heavy (non-hydrogen) atoms. The maximum absolute atomic E-state index is 12.0. The summed E-state index contributed by atoms with van der Waals surface area (Å²) in [6.45, 7) is 2.02. The van der Waals surface area contributed by atoms with Crippen LogP contribution < -0.4 is 10.0 Å². The van der Waals surface area contributed by atoms with Crippen molar-refractivity contribution in [3.05, 3.63) is 0 Å². The monoisotopic (exact) mass is 323 g/mol. The molecule has 0 aliphatic heterocycles. The quantitative estimate of drug-likeness (QED) is 0.503. The largest absolute Gasteiger partial charge is 0.314 e. The van der Waals surface area contributed by atoms with E-state index in [0.717, 1.165) is 38.0 Å². The van der Waals surface area contributed by atoms with Crippen LogP contribution in [0, 0.1) is 0 Å². The topological polar surface area (TPSA) is 61.4 Å². The van der Waals surface area contributed by atoms with Gasteiger partial charge in [0, 0.05) is 26.2 Å². The summed E-state index contributed by atoms with van der Waals surface area (Å²) in [7, 11) is -1.64. The minimum atomic E-state index is -3.29. The van der Waals surface area contributed by atoms with Gasteiger partial charge in [-0.1, -0.05) is 6.42 Å². The Morgan fingerprint density at radius 2 is 1.90 bits per heavy atom. The molecule has 120 valence electrons. The van der Waals surface area contributed by atoms with Crippen molar-refractivity contribution >= 4 is 22.0 Å². The van der Waals surface area contributed by atoms with E-state index in [1.54, 1.807) is 7.05 Å². The molecule has 0 bridgehead atoms. The molecule has 0 aromatic carbocycles. The van der Waals surface area contributed by atoms with Gasteiger partial charge in [0.15, 0.2) is 0 Å². The van der Waals surface area contributed by atoms with Crippen molar-refractivity contribution in [3.8, 4) is 0 Å². The highest BCUT2D eigenvalue weighted by Gasteiger charge is 2.20. The first kappa shape index (κ1) is 18.2. The van der Waals surface area contributed by atoms with Crippen LogP contribution in [0.3, 0.4) is 0 Å². The van der Waals surface area contributed by atoms with Crippen molar-refractivity contribution in [2.45, 2.75) is 44.6 Å². The van der Waals surface area contributed by atoms with Crippen molar-refractivity contribution in [1.82, 2.24) is 14.3 Å². The van der Waals surface area contributed by atoms with Crippen molar-refractivity contribution < 1.29 is 8.42 Å². The first-order valence-corrected chi connectivity index (χ1v) is 10.3. The zero-order valence-corrected chi connectivity index (χ0v) is 14.4. The van der Waals surface area contributed by atoms with E-state index >= 15 is 0 Å². The number of hydrogen-bond donors (Lipinski definition) is 2. The van der Waals surface area contributed by atoms with E-state index in [2.05, 4.69) is 16.3 Å². The molecule has 0 amide bonds. The molecule has 0 heterocycles. The molecule has 0 spiro atoms. The Morgan fingerprint density at radius 1 is 1.15 bits per heavy atom. The molecule has 0 unspecified atom stereocenters. The van der Waals surface area contributed by atoms with E-state index in [0.29, 0.717) is 19.1 Å². The lowest BCUT2D eigenvalue weighted by Crippen LogP contribution is -2.39. The Morgan fingerprint density at radius 3 is 2.55 bits per heavy atom. The fourth-order valence-corrected chi connectivity index (χ4v) is 3.36. The molecule has 1 aliphatic carbocycles. The second kappa shape index (κ2) is 10.00. The Bertz CT molecular complexity index is 346. The zero-order chi connectivity index (χ0) is 14.8. The normalized spacial score (nSPS) is 15.9. The summed E-state index contributed by atoms with van der Waals surface area (Å²) < 4.78 is 28.0. The maximum Gasteiger partial charge on any atom is 0.279 e. The van der Waals surface area contributed by atoms with Crippen molar-refractivity contribution in [2.24, 2.45) is 0 Å². The molecule has 1 saturated carbocycles. The van der Waals surface area contributed by atoms with Crippen LogP contribution in [0.4, 0.5) is 0 Å². The van der Waals surface area contributed by atoms with Crippen LogP contribution >= 0.6 is 11.8 Å². The van der Waals surface area contributed by atoms with Gasteiger partial charge < -0.3 is 5.32 Å². The highest BCUT2D eigenvalue weighted by molar-refractivity contribution is 7.98. The standard InChI is InChI=1S/C13H29N3O2S2/c1-16(11-6-9-14-13-7-8-13)20(17,18)15-10-4-3-5-12-19-2/h13-15H,3-12H2,1-2H3. The number of rotatable bonds is 13. The van der Waals surface area contributed by atoms with Crippen LogP contribution in [-0.2, 0) is 10.2 Å². The van der Waals surface area contributed by atoms with Gasteiger partial charge in [-0.25, -0.2) is 4.72 Å². The average Bonchev–Trinajstić information content (AvgIpc) is 3.22. The average molecular weight is 324 g/mol. The van der Waals surface area contributed by atoms with Crippen LogP contribution in [0.15, 0.2) is 0 Å². The van der Waals surface area contributed by atoms with Gasteiger partial charge in [0.1, 0.15) is 0 Å². The van der Waals surface area contributed by atoms with E-state index < -0.39 is 10.2 Å². The Labute approximate surface area is 128 Å². The Balaban J connectivity index is 2.04. The van der Waals surface area contributed by atoms with Gasteiger partial charge >= 0.3 is 0 Å². The van der Waals surface area contributed by atoms with Gasteiger partial charge in [0.05, 0.1) is 0 Å². The van der Waals surface area contributed by atoms with Crippen LogP contribution in [-0.4, -0.2) is 57.5 Å². The third-order valence-corrected chi connectivity index (χ3v) is 5.65. The van der Waals surface area contributed by atoms with Gasteiger partial charge in [0.2, 0.25) is 0 Å². The predicted molar refractivity (Wildman–Crippen MR) is 87.4 cm³/mol. The predicted octanol–water partition coefficient (Wildman–Crippen LogP) is 1.43. The third kappa shape index (κ3) is 8.46. The van der Waals surface area contributed by atoms with E-state index in [1.807, 2.05) is 11.8 Å². The zero-order valence-electron chi connectivity index (χ0n) is 12.7. The minimum absolute atomic E-state index is 0.543. The van der Waals surface area contributed by atoms with Crippen LogP contribution in [0.25, 0.3) is 0 Å². The molecule has 1 aliphatic rings. The smallest absolute Gasteiger partial charge is 0.279 e. The number of thioether (sulfide) groups is 1. The lowest BCUT2D eigenvalue weighted by molar-refractivity contribution is 0.443. The van der Waals surface area contributed by atoms with Crippen LogP contribution in [0.2, 0.25) is 0 Å². The van der Waals surface area contributed by atoms with Crippen LogP contribution in [0.1, 0.15) is 38.5 Å². The summed E-state index contributed by atoms with van der Waals surface area (Å²) >= 11 is 1.83. The fourth-order valence-electron chi connectivity index (χ4n) is 1.88. The number of nitrogens with one attached hydrogen (secondary N) is 2. The lowest BCUT2D eigenvalue weighted by atomic mass is 10.2. The first-order chi connectivity index (χ1) is 9.56. The first-order valence-electron chi connectivity index (χ1n) is 7.49. The fraction of sp³-hybridized carbons (Fsp3) is 1.00. The molecule has 0 saturated heterocycles. The molecule has 2 N–H and O–H groups in total. The summed E-state index contributed by atoms with van der Waals surface area (Å²) in [5.41, 5.74) is 0. The number of nitrogens with zero attached hydrogens (tertiary/aromatic N) is 1.